The van der Waals surface area contributed by atoms with Crippen molar-refractivity contribution in [3.05, 3.63) is 35.9 Å². The third-order valence-electron chi connectivity index (χ3n) is 3.35. The van der Waals surface area contributed by atoms with E-state index in [-0.39, 0.29) is 36.5 Å². The van der Waals surface area contributed by atoms with Crippen LogP contribution in [-0.2, 0) is 25.8 Å². The second-order valence-electron chi connectivity index (χ2n) is 5.10. The lowest BCUT2D eigenvalue weighted by Crippen LogP contribution is -2.35. The van der Waals surface area contributed by atoms with Crippen LogP contribution in [0, 0.1) is 5.92 Å². The van der Waals surface area contributed by atoms with E-state index < -0.39 is 9.84 Å². The van der Waals surface area contributed by atoms with Crippen LogP contribution in [0.5, 0.6) is 0 Å². The van der Waals surface area contributed by atoms with Crippen molar-refractivity contribution >= 4 is 21.7 Å². The van der Waals surface area contributed by atoms with E-state index in [1.54, 1.807) is 0 Å². The monoisotopic (exact) mass is 295 g/mol. The van der Waals surface area contributed by atoms with Gasteiger partial charge in [-0.15, -0.1) is 0 Å². The Hall–Kier alpha value is -1.69. The maximum absolute atomic E-state index is 12.1. The van der Waals surface area contributed by atoms with E-state index in [1.807, 2.05) is 30.3 Å². The first-order valence-corrected chi connectivity index (χ1v) is 8.49. The summed E-state index contributed by atoms with van der Waals surface area (Å²) in [5, 5.41) is 0. The Balaban J connectivity index is 2.01. The summed E-state index contributed by atoms with van der Waals surface area (Å²) in [6.45, 7) is -0.0399. The average molecular weight is 295 g/mol. The normalized spacial score (nSPS) is 19.6. The highest BCUT2D eigenvalue weighted by molar-refractivity contribution is 7.90. The van der Waals surface area contributed by atoms with Crippen LogP contribution in [0.25, 0.3) is 0 Å². The maximum atomic E-state index is 12.1. The Kier molecular flexibility index (Phi) is 4.23. The summed E-state index contributed by atoms with van der Waals surface area (Å²) in [7, 11) is -3.18. The van der Waals surface area contributed by atoms with Gasteiger partial charge in [-0.2, -0.15) is 0 Å². The van der Waals surface area contributed by atoms with Gasteiger partial charge in [0.1, 0.15) is 9.84 Å². The van der Waals surface area contributed by atoms with Crippen LogP contribution < -0.4 is 0 Å². The van der Waals surface area contributed by atoms with Gasteiger partial charge in [0.2, 0.25) is 11.8 Å². The van der Waals surface area contributed by atoms with Crippen molar-refractivity contribution < 1.29 is 18.0 Å². The molecule has 1 fully saturated rings. The number of amides is 2. The molecule has 0 bridgehead atoms. The predicted molar refractivity (Wildman–Crippen MR) is 74.7 cm³/mol. The van der Waals surface area contributed by atoms with E-state index in [0.29, 0.717) is 6.42 Å². The van der Waals surface area contributed by atoms with Crippen molar-refractivity contribution in [1.82, 2.24) is 4.90 Å². The molecular weight excluding hydrogens is 278 g/mol. The molecular formula is C14H17NO4S. The Morgan fingerprint density at radius 3 is 2.45 bits per heavy atom. The van der Waals surface area contributed by atoms with Crippen LogP contribution in [0.1, 0.15) is 12.0 Å². The minimum absolute atomic E-state index is 0.0399. The number of carbonyl (C=O) groups is 2. The van der Waals surface area contributed by atoms with Crippen LogP contribution in [0.3, 0.4) is 0 Å². The Labute approximate surface area is 118 Å². The van der Waals surface area contributed by atoms with Gasteiger partial charge in [-0.25, -0.2) is 8.42 Å². The molecule has 2 rings (SSSR count). The predicted octanol–water partition coefficient (Wildman–Crippen LogP) is 0.649. The zero-order chi connectivity index (χ0) is 14.8. The molecule has 1 aromatic rings. The Morgan fingerprint density at radius 2 is 1.85 bits per heavy atom. The molecule has 0 N–H and O–H groups in total. The summed E-state index contributed by atoms with van der Waals surface area (Å²) >= 11 is 0. The van der Waals surface area contributed by atoms with Crippen LogP contribution >= 0.6 is 0 Å². The highest BCUT2D eigenvalue weighted by Gasteiger charge is 2.38. The molecule has 108 valence electrons. The number of likely N-dealkylation sites (tertiary alicyclic amines) is 1. The van der Waals surface area contributed by atoms with Gasteiger partial charge in [-0.3, -0.25) is 14.5 Å². The van der Waals surface area contributed by atoms with Gasteiger partial charge in [-0.05, 0) is 12.0 Å². The van der Waals surface area contributed by atoms with Gasteiger partial charge in [-0.1, -0.05) is 30.3 Å². The fourth-order valence-corrected chi connectivity index (χ4v) is 2.82. The first-order valence-electron chi connectivity index (χ1n) is 6.42. The lowest BCUT2D eigenvalue weighted by atomic mass is 9.98. The lowest BCUT2D eigenvalue weighted by molar-refractivity contribution is -0.138. The second-order valence-corrected chi connectivity index (χ2v) is 7.36. The van der Waals surface area contributed by atoms with Gasteiger partial charge in [0.05, 0.1) is 11.7 Å². The van der Waals surface area contributed by atoms with Crippen molar-refractivity contribution in [3.63, 3.8) is 0 Å². The number of carbonyl (C=O) groups excluding carboxylic acids is 2. The van der Waals surface area contributed by atoms with Crippen molar-refractivity contribution in [2.24, 2.45) is 5.92 Å². The van der Waals surface area contributed by atoms with E-state index >= 15 is 0 Å². The third kappa shape index (κ3) is 3.66. The molecule has 6 heteroatoms. The molecule has 5 nitrogen and oxygen atoms in total. The molecule has 0 aliphatic carbocycles. The molecule has 0 radical (unpaired) electrons. The summed E-state index contributed by atoms with van der Waals surface area (Å²) in [5.41, 5.74) is 1.00. The number of rotatable bonds is 5. The number of nitrogens with zero attached hydrogens (tertiary/aromatic N) is 1. The number of hydrogen-bond acceptors (Lipinski definition) is 4. The van der Waals surface area contributed by atoms with E-state index in [9.17, 15) is 18.0 Å². The molecule has 1 aliphatic rings. The first-order chi connectivity index (χ1) is 9.37. The largest absolute Gasteiger partial charge is 0.281 e. The zero-order valence-corrected chi connectivity index (χ0v) is 12.1. The van der Waals surface area contributed by atoms with E-state index in [4.69, 9.17) is 0 Å². The summed E-state index contributed by atoms with van der Waals surface area (Å²) in [5.74, 6) is -1.09. The Bertz CT molecular complexity index is 609. The number of hydrogen-bond donors (Lipinski definition) is 0. The standard InChI is InChI=1S/C14H17NO4S/c1-20(18,19)8-7-15-13(16)10-12(14(15)17)9-11-5-3-2-4-6-11/h2-6,12H,7-10H2,1H3/t12-/m0/s1. The molecule has 1 aromatic carbocycles. The minimum Gasteiger partial charge on any atom is -0.281 e. The summed E-state index contributed by atoms with van der Waals surface area (Å²) in [6.07, 6.45) is 1.78. The van der Waals surface area contributed by atoms with Gasteiger partial charge < -0.3 is 0 Å². The fraction of sp³-hybridized carbons (Fsp3) is 0.429. The van der Waals surface area contributed by atoms with Crippen molar-refractivity contribution in [2.75, 3.05) is 18.6 Å². The highest BCUT2D eigenvalue weighted by atomic mass is 32.2. The van der Waals surface area contributed by atoms with E-state index in [2.05, 4.69) is 0 Å². The average Bonchev–Trinajstić information content (AvgIpc) is 2.63. The highest BCUT2D eigenvalue weighted by Crippen LogP contribution is 2.23. The summed E-state index contributed by atoms with van der Waals surface area (Å²) in [6, 6.07) is 9.49. The summed E-state index contributed by atoms with van der Waals surface area (Å²) in [4.78, 5) is 25.0. The molecule has 1 heterocycles. The first kappa shape index (κ1) is 14.7. The van der Waals surface area contributed by atoms with Gasteiger partial charge in [0.15, 0.2) is 0 Å². The van der Waals surface area contributed by atoms with Crippen molar-refractivity contribution in [2.45, 2.75) is 12.8 Å². The molecule has 1 aliphatic heterocycles. The zero-order valence-electron chi connectivity index (χ0n) is 11.3. The molecule has 20 heavy (non-hydrogen) atoms. The quantitative estimate of drug-likeness (QED) is 0.748. The van der Waals surface area contributed by atoms with Crippen LogP contribution in [0.2, 0.25) is 0 Å². The molecule has 1 atom stereocenters. The topological polar surface area (TPSA) is 71.5 Å². The number of benzene rings is 1. The summed E-state index contributed by atoms with van der Waals surface area (Å²) < 4.78 is 22.2. The van der Waals surface area contributed by atoms with Crippen molar-refractivity contribution in [3.8, 4) is 0 Å². The van der Waals surface area contributed by atoms with E-state index in [0.717, 1.165) is 16.7 Å². The van der Waals surface area contributed by atoms with Gasteiger partial charge >= 0.3 is 0 Å². The molecule has 2 amide bonds. The van der Waals surface area contributed by atoms with Crippen LogP contribution in [0.15, 0.2) is 30.3 Å². The lowest BCUT2D eigenvalue weighted by Gasteiger charge is -2.14. The molecule has 1 saturated heterocycles. The van der Waals surface area contributed by atoms with Gasteiger partial charge in [0.25, 0.3) is 0 Å². The van der Waals surface area contributed by atoms with E-state index in [1.165, 1.54) is 0 Å². The molecule has 0 saturated carbocycles. The molecule has 0 aromatic heterocycles. The third-order valence-corrected chi connectivity index (χ3v) is 4.27. The number of sulfone groups is 1. The molecule has 0 unspecified atom stereocenters. The van der Waals surface area contributed by atoms with Crippen LogP contribution in [0.4, 0.5) is 0 Å². The maximum Gasteiger partial charge on any atom is 0.233 e. The minimum atomic E-state index is -3.18. The fourth-order valence-electron chi connectivity index (χ4n) is 2.30. The Morgan fingerprint density at radius 1 is 1.20 bits per heavy atom. The second kappa shape index (κ2) is 5.75. The smallest absolute Gasteiger partial charge is 0.233 e. The van der Waals surface area contributed by atoms with Crippen molar-refractivity contribution in [1.29, 1.82) is 0 Å². The SMILES string of the molecule is CS(=O)(=O)CCN1C(=O)C[C@H](Cc2ccccc2)C1=O. The number of imide groups is 1. The van der Waals surface area contributed by atoms with Gasteiger partial charge in [0, 0.05) is 19.2 Å². The van der Waals surface area contributed by atoms with Crippen LogP contribution in [-0.4, -0.2) is 43.7 Å². The molecule has 0 spiro atoms.